The van der Waals surface area contributed by atoms with E-state index >= 15 is 0 Å². The van der Waals surface area contributed by atoms with Gasteiger partial charge >= 0.3 is 7.32 Å². The predicted molar refractivity (Wildman–Crippen MR) is 29.5 cm³/mol. The fourth-order valence-electron chi connectivity index (χ4n) is 0.182. The number of hydroxylamine groups is 1. The molecular weight excluding hydrogens is 109 g/mol. The van der Waals surface area contributed by atoms with Crippen LogP contribution >= 0.6 is 0 Å². The summed E-state index contributed by atoms with van der Waals surface area (Å²) < 4.78 is 4.07. The zero-order valence-corrected chi connectivity index (χ0v) is 4.37. The Hall–Kier alpha value is -0.355. The summed E-state index contributed by atoms with van der Waals surface area (Å²) in [4.78, 5) is 0. The standard InChI is InChI=1S/C3H8BNO3/c1-2-3-5-8-4(6)7/h2,5-7H,1,3H2. The molecule has 5 heteroatoms. The van der Waals surface area contributed by atoms with E-state index in [9.17, 15) is 0 Å². The Kier molecular flexibility index (Phi) is 4.58. The molecular formula is C3H8BNO3. The van der Waals surface area contributed by atoms with Crippen molar-refractivity contribution in [2.75, 3.05) is 6.54 Å². The number of hydrogen-bond acceptors (Lipinski definition) is 4. The minimum absolute atomic E-state index is 0.387. The van der Waals surface area contributed by atoms with Gasteiger partial charge in [-0.3, -0.25) is 0 Å². The molecule has 8 heavy (non-hydrogen) atoms. The van der Waals surface area contributed by atoms with Crippen LogP contribution in [-0.2, 0) is 4.76 Å². The summed E-state index contributed by atoms with van der Waals surface area (Å²) in [6.07, 6.45) is 1.53. The van der Waals surface area contributed by atoms with Crippen LogP contribution in [0.2, 0.25) is 0 Å². The highest BCUT2D eigenvalue weighted by Crippen LogP contribution is 1.66. The minimum atomic E-state index is -1.75. The lowest BCUT2D eigenvalue weighted by Crippen LogP contribution is -2.27. The topological polar surface area (TPSA) is 61.7 Å². The van der Waals surface area contributed by atoms with Crippen molar-refractivity contribution in [1.82, 2.24) is 5.48 Å². The van der Waals surface area contributed by atoms with Gasteiger partial charge in [0.15, 0.2) is 0 Å². The lowest BCUT2D eigenvalue weighted by molar-refractivity contribution is 0.117. The Morgan fingerprint density at radius 2 is 2.38 bits per heavy atom. The number of rotatable bonds is 4. The van der Waals surface area contributed by atoms with Crippen molar-refractivity contribution in [1.29, 1.82) is 0 Å². The monoisotopic (exact) mass is 117 g/mol. The van der Waals surface area contributed by atoms with Crippen LogP contribution in [0, 0.1) is 0 Å². The van der Waals surface area contributed by atoms with Gasteiger partial charge in [-0.2, -0.15) is 0 Å². The highest BCUT2D eigenvalue weighted by molar-refractivity contribution is 6.32. The van der Waals surface area contributed by atoms with Crippen LogP contribution in [0.3, 0.4) is 0 Å². The maximum Gasteiger partial charge on any atom is 0.651 e. The van der Waals surface area contributed by atoms with Crippen molar-refractivity contribution in [3.8, 4) is 0 Å². The van der Waals surface area contributed by atoms with Gasteiger partial charge < -0.3 is 14.8 Å². The molecule has 0 amide bonds. The van der Waals surface area contributed by atoms with Gasteiger partial charge in [0, 0.05) is 6.54 Å². The molecule has 46 valence electrons. The van der Waals surface area contributed by atoms with Crippen molar-refractivity contribution < 1.29 is 14.8 Å². The zero-order valence-electron chi connectivity index (χ0n) is 4.37. The summed E-state index contributed by atoms with van der Waals surface area (Å²) >= 11 is 0. The van der Waals surface area contributed by atoms with Crippen molar-refractivity contribution in [2.24, 2.45) is 0 Å². The molecule has 0 aliphatic heterocycles. The lowest BCUT2D eigenvalue weighted by Gasteiger charge is -1.98. The summed E-state index contributed by atoms with van der Waals surface area (Å²) in [6, 6.07) is 0. The average molecular weight is 117 g/mol. The molecule has 0 unspecified atom stereocenters. The molecule has 0 fully saturated rings. The molecule has 0 heterocycles. The molecule has 0 aromatic carbocycles. The fourth-order valence-corrected chi connectivity index (χ4v) is 0.182. The summed E-state index contributed by atoms with van der Waals surface area (Å²) in [5.41, 5.74) is 2.22. The molecule has 0 radical (unpaired) electrons. The van der Waals surface area contributed by atoms with Crippen molar-refractivity contribution in [2.45, 2.75) is 0 Å². The van der Waals surface area contributed by atoms with Crippen molar-refractivity contribution in [3.63, 3.8) is 0 Å². The second-order valence-corrected chi connectivity index (χ2v) is 1.08. The van der Waals surface area contributed by atoms with Crippen LogP contribution in [0.5, 0.6) is 0 Å². The number of nitrogens with one attached hydrogen (secondary N) is 1. The largest absolute Gasteiger partial charge is 0.651 e. The first kappa shape index (κ1) is 7.64. The van der Waals surface area contributed by atoms with Gasteiger partial charge in [-0.1, -0.05) is 6.08 Å². The molecule has 0 bridgehead atoms. The predicted octanol–water partition coefficient (Wildman–Crippen LogP) is -1.34. The van der Waals surface area contributed by atoms with Gasteiger partial charge in [0.2, 0.25) is 0 Å². The Morgan fingerprint density at radius 1 is 1.75 bits per heavy atom. The van der Waals surface area contributed by atoms with E-state index in [0.717, 1.165) is 0 Å². The second-order valence-electron chi connectivity index (χ2n) is 1.08. The summed E-state index contributed by atoms with van der Waals surface area (Å²) in [5, 5.41) is 16.0. The van der Waals surface area contributed by atoms with E-state index in [2.05, 4.69) is 16.8 Å². The van der Waals surface area contributed by atoms with Gasteiger partial charge in [0.25, 0.3) is 0 Å². The summed E-state index contributed by atoms with van der Waals surface area (Å²) in [7, 11) is -1.75. The fraction of sp³-hybridized carbons (Fsp3) is 0.333. The highest BCUT2D eigenvalue weighted by atomic mass is 16.7. The molecule has 0 atom stereocenters. The van der Waals surface area contributed by atoms with Crippen LogP contribution in [0.4, 0.5) is 0 Å². The van der Waals surface area contributed by atoms with Crippen LogP contribution in [0.15, 0.2) is 12.7 Å². The lowest BCUT2D eigenvalue weighted by atomic mass is 10.3. The van der Waals surface area contributed by atoms with Crippen LogP contribution in [-0.4, -0.2) is 23.9 Å². The molecule has 0 aromatic heterocycles. The third kappa shape index (κ3) is 5.64. The van der Waals surface area contributed by atoms with Gasteiger partial charge in [-0.15, -0.1) is 6.58 Å². The Morgan fingerprint density at radius 3 is 2.75 bits per heavy atom. The maximum atomic E-state index is 8.02. The quantitative estimate of drug-likeness (QED) is 0.184. The Bertz CT molecular complexity index is 67.5. The van der Waals surface area contributed by atoms with E-state index in [-0.39, 0.29) is 0 Å². The van der Waals surface area contributed by atoms with E-state index in [1.165, 1.54) is 6.08 Å². The molecule has 0 aliphatic rings. The Labute approximate surface area is 47.9 Å². The first-order valence-corrected chi connectivity index (χ1v) is 2.13. The minimum Gasteiger partial charge on any atom is -0.401 e. The average Bonchev–Trinajstić information content (AvgIpc) is 1.66. The van der Waals surface area contributed by atoms with Gasteiger partial charge in [0.1, 0.15) is 0 Å². The van der Waals surface area contributed by atoms with Gasteiger partial charge in [-0.25, -0.2) is 5.48 Å². The molecule has 4 nitrogen and oxygen atoms in total. The normalized spacial score (nSPS) is 8.75. The van der Waals surface area contributed by atoms with E-state index in [1.54, 1.807) is 0 Å². The van der Waals surface area contributed by atoms with Crippen LogP contribution in [0.25, 0.3) is 0 Å². The maximum absolute atomic E-state index is 8.02. The van der Waals surface area contributed by atoms with E-state index in [1.807, 2.05) is 0 Å². The van der Waals surface area contributed by atoms with Crippen molar-refractivity contribution >= 4 is 7.32 Å². The number of hydrogen-bond donors (Lipinski definition) is 3. The molecule has 0 saturated carbocycles. The van der Waals surface area contributed by atoms with E-state index in [4.69, 9.17) is 10.0 Å². The van der Waals surface area contributed by atoms with Crippen molar-refractivity contribution in [3.05, 3.63) is 12.7 Å². The highest BCUT2D eigenvalue weighted by Gasteiger charge is 2.05. The molecule has 3 N–H and O–H groups in total. The van der Waals surface area contributed by atoms with E-state index < -0.39 is 7.32 Å². The smallest absolute Gasteiger partial charge is 0.401 e. The zero-order chi connectivity index (χ0) is 6.41. The van der Waals surface area contributed by atoms with E-state index in [0.29, 0.717) is 6.54 Å². The van der Waals surface area contributed by atoms with Gasteiger partial charge in [0.05, 0.1) is 0 Å². The molecule has 0 saturated heterocycles. The summed E-state index contributed by atoms with van der Waals surface area (Å²) in [5.74, 6) is 0. The first-order valence-electron chi connectivity index (χ1n) is 2.13. The summed E-state index contributed by atoms with van der Waals surface area (Å²) in [6.45, 7) is 3.74. The Balaban J connectivity index is 2.81. The first-order chi connectivity index (χ1) is 3.77. The van der Waals surface area contributed by atoms with Gasteiger partial charge in [-0.05, 0) is 0 Å². The third-order valence-electron chi connectivity index (χ3n) is 0.416. The second kappa shape index (κ2) is 4.80. The third-order valence-corrected chi connectivity index (χ3v) is 0.416. The van der Waals surface area contributed by atoms with Crippen LogP contribution < -0.4 is 5.48 Å². The molecule has 0 aliphatic carbocycles. The molecule has 0 spiro atoms. The SMILES string of the molecule is C=CCNOB(O)O. The molecule has 0 aromatic rings. The van der Waals surface area contributed by atoms with Crippen LogP contribution in [0.1, 0.15) is 0 Å². The molecule has 0 rings (SSSR count).